The second-order valence-electron chi connectivity index (χ2n) is 9.24. The maximum absolute atomic E-state index is 12.7. The van der Waals surface area contributed by atoms with E-state index in [1.165, 1.54) is 11.4 Å². The van der Waals surface area contributed by atoms with Gasteiger partial charge < -0.3 is 4.74 Å². The van der Waals surface area contributed by atoms with E-state index in [4.69, 9.17) is 4.74 Å². The number of rotatable bonds is 3. The normalized spacial score (nSPS) is 39.5. The van der Waals surface area contributed by atoms with Crippen molar-refractivity contribution in [1.82, 2.24) is 5.01 Å². The standard InChI is InChI=1S/C19H28N2O5S/c1-11-14-8-12(19(14,2)3)9-16(11)26-18(23)15-4-5-17(22)21(20-15)13-6-7-27(24,25)10-13/h11-14,16H,4-10H2,1-3H3/t11-,12+,13+,14+,16+/m0/s1. The van der Waals surface area contributed by atoms with Gasteiger partial charge in [-0.3, -0.25) is 4.79 Å². The summed E-state index contributed by atoms with van der Waals surface area (Å²) in [5.41, 5.74) is 0.562. The van der Waals surface area contributed by atoms with E-state index in [1.807, 2.05) is 0 Å². The smallest absolute Gasteiger partial charge is 0.354 e. The average molecular weight is 397 g/mol. The van der Waals surface area contributed by atoms with Crippen molar-refractivity contribution in [3.8, 4) is 0 Å². The summed E-state index contributed by atoms with van der Waals surface area (Å²) in [5, 5.41) is 5.44. The van der Waals surface area contributed by atoms with E-state index < -0.39 is 21.8 Å². The number of hydrogen-bond donors (Lipinski definition) is 0. The summed E-state index contributed by atoms with van der Waals surface area (Å²) >= 11 is 0. The van der Waals surface area contributed by atoms with Gasteiger partial charge in [-0.1, -0.05) is 20.8 Å². The Balaban J connectivity index is 1.44. The van der Waals surface area contributed by atoms with Gasteiger partial charge in [0.2, 0.25) is 5.91 Å². The Labute approximate surface area is 160 Å². The van der Waals surface area contributed by atoms with Crippen molar-refractivity contribution in [1.29, 1.82) is 0 Å². The highest BCUT2D eigenvalue weighted by Crippen LogP contribution is 2.61. The van der Waals surface area contributed by atoms with Gasteiger partial charge >= 0.3 is 5.97 Å². The van der Waals surface area contributed by atoms with Crippen LogP contribution >= 0.6 is 0 Å². The minimum absolute atomic E-state index is 0.0644. The molecule has 0 aromatic rings. The Morgan fingerprint density at radius 3 is 2.59 bits per heavy atom. The van der Waals surface area contributed by atoms with Crippen LogP contribution < -0.4 is 0 Å². The third-order valence-corrected chi connectivity index (χ3v) is 9.14. The van der Waals surface area contributed by atoms with E-state index in [9.17, 15) is 18.0 Å². The molecule has 8 heteroatoms. The highest BCUT2D eigenvalue weighted by molar-refractivity contribution is 7.91. The van der Waals surface area contributed by atoms with Gasteiger partial charge in [-0.05, 0) is 42.4 Å². The molecule has 1 amide bonds. The van der Waals surface area contributed by atoms with Gasteiger partial charge in [-0.15, -0.1) is 0 Å². The van der Waals surface area contributed by atoms with Gasteiger partial charge in [-0.25, -0.2) is 18.2 Å². The molecule has 0 N–H and O–H groups in total. The van der Waals surface area contributed by atoms with Gasteiger partial charge in [0.1, 0.15) is 11.8 Å². The minimum atomic E-state index is -3.13. The van der Waals surface area contributed by atoms with Crippen LogP contribution in [0.15, 0.2) is 5.10 Å². The molecule has 2 heterocycles. The Bertz CT molecular complexity index is 803. The lowest BCUT2D eigenvalue weighted by Gasteiger charge is -2.61. The van der Waals surface area contributed by atoms with E-state index in [-0.39, 0.29) is 42.1 Å². The lowest BCUT2D eigenvalue weighted by molar-refractivity contribution is -0.180. The molecule has 0 aromatic heterocycles. The van der Waals surface area contributed by atoms with E-state index in [1.54, 1.807) is 0 Å². The number of nitrogens with zero attached hydrogens (tertiary/aromatic N) is 2. The largest absolute Gasteiger partial charge is 0.458 e. The van der Waals surface area contributed by atoms with Gasteiger partial charge in [0.05, 0.1) is 17.5 Å². The maximum Gasteiger partial charge on any atom is 0.354 e. The molecule has 3 saturated carbocycles. The fraction of sp³-hybridized carbons (Fsp3) is 0.842. The number of amides is 1. The van der Waals surface area contributed by atoms with E-state index in [2.05, 4.69) is 25.9 Å². The zero-order valence-corrected chi connectivity index (χ0v) is 17.0. The van der Waals surface area contributed by atoms with Crippen LogP contribution in [0, 0.1) is 23.2 Å². The van der Waals surface area contributed by atoms with Crippen LogP contribution in [0.1, 0.15) is 52.9 Å². The van der Waals surface area contributed by atoms with E-state index in [0.717, 1.165) is 6.42 Å². The molecule has 2 aliphatic heterocycles. The highest BCUT2D eigenvalue weighted by Gasteiger charge is 2.57. The van der Waals surface area contributed by atoms with Gasteiger partial charge in [0, 0.05) is 12.8 Å². The van der Waals surface area contributed by atoms with Gasteiger partial charge in [0.15, 0.2) is 9.84 Å². The fourth-order valence-corrected chi connectivity index (χ4v) is 7.13. The Morgan fingerprint density at radius 1 is 1.26 bits per heavy atom. The summed E-state index contributed by atoms with van der Waals surface area (Å²) in [6, 6.07) is -0.465. The molecule has 0 aromatic carbocycles. The first-order chi connectivity index (χ1) is 12.6. The Kier molecular flexibility index (Phi) is 4.40. The van der Waals surface area contributed by atoms with Gasteiger partial charge in [-0.2, -0.15) is 5.10 Å². The summed E-state index contributed by atoms with van der Waals surface area (Å²) in [6.45, 7) is 6.75. The molecule has 3 aliphatic carbocycles. The number of carbonyl (C=O) groups is 2. The summed E-state index contributed by atoms with van der Waals surface area (Å²) in [6.07, 6.45) is 2.79. The fourth-order valence-electron chi connectivity index (χ4n) is 5.44. The van der Waals surface area contributed by atoms with Crippen LogP contribution in [0.25, 0.3) is 0 Å². The highest BCUT2D eigenvalue weighted by atomic mass is 32.2. The molecule has 0 unspecified atom stereocenters. The zero-order valence-electron chi connectivity index (χ0n) is 16.2. The minimum Gasteiger partial charge on any atom is -0.458 e. The molecule has 0 radical (unpaired) electrons. The molecular formula is C19H28N2O5S. The summed E-state index contributed by atoms with van der Waals surface area (Å²) in [7, 11) is -3.13. The molecule has 4 fully saturated rings. The first-order valence-corrected chi connectivity index (χ1v) is 11.7. The quantitative estimate of drug-likeness (QED) is 0.678. The molecule has 150 valence electrons. The second kappa shape index (κ2) is 6.29. The summed E-state index contributed by atoms with van der Waals surface area (Å²) < 4.78 is 29.2. The number of ether oxygens (including phenoxy) is 1. The number of esters is 1. The van der Waals surface area contributed by atoms with Crippen molar-refractivity contribution < 1.29 is 22.7 Å². The van der Waals surface area contributed by atoms with E-state index >= 15 is 0 Å². The molecular weight excluding hydrogens is 368 g/mol. The average Bonchev–Trinajstić information content (AvgIpc) is 2.96. The molecule has 1 saturated heterocycles. The summed E-state index contributed by atoms with van der Waals surface area (Å²) in [4.78, 5) is 24.9. The van der Waals surface area contributed by atoms with Crippen LogP contribution in [0.4, 0.5) is 0 Å². The van der Waals surface area contributed by atoms with Crippen molar-refractivity contribution in [2.75, 3.05) is 11.5 Å². The molecule has 7 nitrogen and oxygen atoms in total. The van der Waals surface area contributed by atoms with Crippen molar-refractivity contribution in [3.63, 3.8) is 0 Å². The molecule has 5 rings (SSSR count). The topological polar surface area (TPSA) is 93.1 Å². The summed E-state index contributed by atoms with van der Waals surface area (Å²) in [5.74, 6) is 0.788. The third kappa shape index (κ3) is 3.19. The van der Waals surface area contributed by atoms with Crippen molar-refractivity contribution in [2.24, 2.45) is 28.3 Å². The first kappa shape index (κ1) is 18.9. The molecule has 2 bridgehead atoms. The molecule has 5 atom stereocenters. The SMILES string of the molecule is C[C@H]1[C@H]2C[C@H](C[C@H]1OC(=O)C1=NN([C@@H]3CCS(=O)(=O)C3)C(=O)CC1)C2(C)C. The van der Waals surface area contributed by atoms with Gasteiger partial charge in [0.25, 0.3) is 0 Å². The monoisotopic (exact) mass is 396 g/mol. The number of hydrazone groups is 1. The third-order valence-electron chi connectivity index (χ3n) is 7.39. The van der Waals surface area contributed by atoms with Crippen molar-refractivity contribution in [3.05, 3.63) is 0 Å². The molecule has 27 heavy (non-hydrogen) atoms. The van der Waals surface area contributed by atoms with Crippen LogP contribution in [-0.4, -0.2) is 54.7 Å². The predicted molar refractivity (Wildman–Crippen MR) is 99.6 cm³/mol. The van der Waals surface area contributed by atoms with Crippen LogP contribution in [0.2, 0.25) is 0 Å². The Hall–Kier alpha value is -1.44. The molecule has 0 spiro atoms. The van der Waals surface area contributed by atoms with Crippen LogP contribution in [-0.2, 0) is 24.2 Å². The van der Waals surface area contributed by atoms with Crippen LogP contribution in [0.5, 0.6) is 0 Å². The lowest BCUT2D eigenvalue weighted by Crippen LogP contribution is -2.57. The number of fused-ring (bicyclic) bond motifs is 2. The predicted octanol–water partition coefficient (Wildman–Crippen LogP) is 1.77. The number of carbonyl (C=O) groups excluding carboxylic acids is 2. The second-order valence-corrected chi connectivity index (χ2v) is 11.5. The number of sulfone groups is 1. The van der Waals surface area contributed by atoms with E-state index in [0.29, 0.717) is 29.6 Å². The lowest BCUT2D eigenvalue weighted by atomic mass is 9.45. The number of hydrogen-bond acceptors (Lipinski definition) is 6. The Morgan fingerprint density at radius 2 is 2.00 bits per heavy atom. The molecule has 5 aliphatic rings. The zero-order chi connectivity index (χ0) is 19.6. The maximum atomic E-state index is 12.7. The first-order valence-electron chi connectivity index (χ1n) is 9.89. The van der Waals surface area contributed by atoms with Crippen molar-refractivity contribution in [2.45, 2.75) is 65.0 Å². The van der Waals surface area contributed by atoms with Crippen LogP contribution in [0.3, 0.4) is 0 Å². The van der Waals surface area contributed by atoms with Crippen molar-refractivity contribution >= 4 is 27.4 Å².